The van der Waals surface area contributed by atoms with Gasteiger partial charge >= 0.3 is 0 Å². The molecule has 0 aromatic carbocycles. The number of aliphatic hydroxyl groups excluding tert-OH is 1. The van der Waals surface area contributed by atoms with Crippen LogP contribution in [-0.4, -0.2) is 28.3 Å². The van der Waals surface area contributed by atoms with Crippen LogP contribution in [0.4, 0.5) is 0 Å². The van der Waals surface area contributed by atoms with E-state index in [9.17, 15) is 10.0 Å². The molecule has 4 atom stereocenters. The molecule has 1 N–H and O–H groups in total. The summed E-state index contributed by atoms with van der Waals surface area (Å²) in [4.78, 5) is 10.5. The quantitative estimate of drug-likeness (QED) is 0.595. The predicted octanol–water partition coefficient (Wildman–Crippen LogP) is 0.901. The molecule has 4 nitrogen and oxygen atoms in total. The summed E-state index contributed by atoms with van der Waals surface area (Å²) in [5, 5.41) is 14.1. The van der Waals surface area contributed by atoms with E-state index in [-0.39, 0.29) is 18.2 Å². The molecule has 2 fully saturated rings. The molecular formula is C8H14N2O2. The first-order valence-corrected chi connectivity index (χ1v) is 4.53. The Hall–Kier alpha value is -0.640. The van der Waals surface area contributed by atoms with Crippen LogP contribution in [0.5, 0.6) is 0 Å². The lowest BCUT2D eigenvalue weighted by atomic mass is 10.0. The molecule has 1 saturated carbocycles. The van der Waals surface area contributed by atoms with E-state index in [2.05, 4.69) is 5.29 Å². The van der Waals surface area contributed by atoms with Crippen molar-refractivity contribution in [2.75, 3.05) is 0 Å². The van der Waals surface area contributed by atoms with E-state index >= 15 is 0 Å². The number of nitroso groups, excluding NO2 is 1. The summed E-state index contributed by atoms with van der Waals surface area (Å²) in [6.45, 7) is 1.99. The van der Waals surface area contributed by atoms with E-state index in [1.165, 1.54) is 0 Å². The Morgan fingerprint density at radius 3 is 2.92 bits per heavy atom. The molecule has 0 unspecified atom stereocenters. The highest BCUT2D eigenvalue weighted by Gasteiger charge is 2.47. The Bertz CT molecular complexity index is 197. The largest absolute Gasteiger partial charge is 0.391 e. The Morgan fingerprint density at radius 2 is 2.25 bits per heavy atom. The highest BCUT2D eigenvalue weighted by Crippen LogP contribution is 2.41. The van der Waals surface area contributed by atoms with Gasteiger partial charge in [0.15, 0.2) is 0 Å². The van der Waals surface area contributed by atoms with Crippen LogP contribution in [0, 0.1) is 10.8 Å². The van der Waals surface area contributed by atoms with E-state index in [0.717, 1.165) is 19.3 Å². The molecule has 0 bridgehead atoms. The SMILES string of the molecule is C[C@H]1C[C@H]2CC[C@@H](O)[C@@H]2N1N=O. The van der Waals surface area contributed by atoms with Crippen LogP contribution in [0.15, 0.2) is 5.29 Å². The smallest absolute Gasteiger partial charge is 0.0793 e. The Labute approximate surface area is 71.5 Å². The number of rotatable bonds is 1. The Kier molecular flexibility index (Phi) is 1.79. The van der Waals surface area contributed by atoms with E-state index in [4.69, 9.17) is 0 Å². The van der Waals surface area contributed by atoms with Crippen LogP contribution in [0.25, 0.3) is 0 Å². The van der Waals surface area contributed by atoms with Crippen LogP contribution in [0.2, 0.25) is 0 Å². The number of hydrogen-bond donors (Lipinski definition) is 1. The first-order valence-electron chi connectivity index (χ1n) is 4.53. The van der Waals surface area contributed by atoms with Gasteiger partial charge in [0.1, 0.15) is 0 Å². The summed E-state index contributed by atoms with van der Waals surface area (Å²) in [5.74, 6) is 0.493. The first-order chi connectivity index (χ1) is 5.74. The van der Waals surface area contributed by atoms with Crippen LogP contribution >= 0.6 is 0 Å². The number of fused-ring (bicyclic) bond motifs is 1. The molecule has 2 rings (SSSR count). The minimum absolute atomic E-state index is 0.0116. The molecule has 0 aromatic heterocycles. The van der Waals surface area contributed by atoms with Crippen molar-refractivity contribution in [1.82, 2.24) is 5.01 Å². The fourth-order valence-corrected chi connectivity index (χ4v) is 2.66. The standard InChI is InChI=1S/C8H14N2O2/c1-5-4-6-2-3-7(11)8(6)10(5)9-12/h5-8,11H,2-4H2,1H3/t5-,6+,7+,8+/m0/s1. The normalized spacial score (nSPS) is 46.3. The van der Waals surface area contributed by atoms with Crippen LogP contribution < -0.4 is 0 Å². The molecule has 0 aromatic rings. The van der Waals surface area contributed by atoms with Gasteiger partial charge in [-0.3, -0.25) is 5.01 Å². The molecular weight excluding hydrogens is 156 g/mol. The van der Waals surface area contributed by atoms with Gasteiger partial charge in [0, 0.05) is 6.04 Å². The second-order valence-electron chi connectivity index (χ2n) is 3.94. The van der Waals surface area contributed by atoms with Crippen molar-refractivity contribution in [2.24, 2.45) is 11.2 Å². The number of nitrogens with zero attached hydrogens (tertiary/aromatic N) is 2. The summed E-state index contributed by atoms with van der Waals surface area (Å²) in [7, 11) is 0. The van der Waals surface area contributed by atoms with Crippen LogP contribution in [0.1, 0.15) is 26.2 Å². The monoisotopic (exact) mass is 170 g/mol. The average molecular weight is 170 g/mol. The summed E-state index contributed by atoms with van der Waals surface area (Å²) >= 11 is 0. The molecule has 1 aliphatic carbocycles. The average Bonchev–Trinajstić information content (AvgIpc) is 2.52. The molecule has 2 aliphatic rings. The van der Waals surface area contributed by atoms with Crippen molar-refractivity contribution >= 4 is 0 Å². The molecule has 68 valence electrons. The zero-order valence-electron chi connectivity index (χ0n) is 7.18. The van der Waals surface area contributed by atoms with Crippen molar-refractivity contribution in [3.05, 3.63) is 4.91 Å². The maximum Gasteiger partial charge on any atom is 0.0793 e. The van der Waals surface area contributed by atoms with Crippen molar-refractivity contribution in [3.63, 3.8) is 0 Å². The predicted molar refractivity (Wildman–Crippen MR) is 44.2 cm³/mol. The maximum absolute atomic E-state index is 10.5. The van der Waals surface area contributed by atoms with Gasteiger partial charge in [0.2, 0.25) is 0 Å². The minimum Gasteiger partial charge on any atom is -0.391 e. The summed E-state index contributed by atoms with van der Waals surface area (Å²) in [6, 6.07) is 0.227. The summed E-state index contributed by atoms with van der Waals surface area (Å²) < 4.78 is 0. The van der Waals surface area contributed by atoms with Crippen molar-refractivity contribution in [3.8, 4) is 0 Å². The molecule has 0 spiro atoms. The third-order valence-corrected chi connectivity index (χ3v) is 3.21. The van der Waals surface area contributed by atoms with Gasteiger partial charge in [-0.05, 0) is 32.1 Å². The highest BCUT2D eigenvalue weighted by molar-refractivity contribution is 4.98. The second kappa shape index (κ2) is 2.69. The van der Waals surface area contributed by atoms with E-state index in [1.54, 1.807) is 5.01 Å². The molecule has 12 heavy (non-hydrogen) atoms. The molecule has 0 amide bonds. The van der Waals surface area contributed by atoms with Crippen molar-refractivity contribution < 1.29 is 5.11 Å². The lowest BCUT2D eigenvalue weighted by molar-refractivity contribution is 0.0709. The van der Waals surface area contributed by atoms with Gasteiger partial charge in [0.05, 0.1) is 17.4 Å². The minimum atomic E-state index is -0.336. The fourth-order valence-electron chi connectivity index (χ4n) is 2.66. The lowest BCUT2D eigenvalue weighted by Crippen LogP contribution is -2.37. The van der Waals surface area contributed by atoms with Crippen molar-refractivity contribution in [2.45, 2.75) is 44.4 Å². The number of aliphatic hydroxyl groups is 1. The first kappa shape index (κ1) is 7.98. The maximum atomic E-state index is 10.5. The van der Waals surface area contributed by atoms with Gasteiger partial charge < -0.3 is 5.11 Å². The zero-order valence-corrected chi connectivity index (χ0v) is 7.18. The highest BCUT2D eigenvalue weighted by atomic mass is 16.3. The van der Waals surface area contributed by atoms with Crippen LogP contribution in [0.3, 0.4) is 0 Å². The Morgan fingerprint density at radius 1 is 1.50 bits per heavy atom. The van der Waals surface area contributed by atoms with Gasteiger partial charge in [-0.25, -0.2) is 0 Å². The van der Waals surface area contributed by atoms with E-state index in [0.29, 0.717) is 5.92 Å². The van der Waals surface area contributed by atoms with Gasteiger partial charge in [-0.2, -0.15) is 0 Å². The topological polar surface area (TPSA) is 52.9 Å². The third kappa shape index (κ3) is 0.941. The third-order valence-electron chi connectivity index (χ3n) is 3.21. The molecule has 1 heterocycles. The second-order valence-corrected chi connectivity index (χ2v) is 3.94. The van der Waals surface area contributed by atoms with Gasteiger partial charge in [-0.1, -0.05) is 0 Å². The molecule has 4 heteroatoms. The van der Waals surface area contributed by atoms with Gasteiger partial charge in [-0.15, -0.1) is 4.91 Å². The summed E-state index contributed by atoms with van der Waals surface area (Å²) in [5.41, 5.74) is 0. The zero-order chi connectivity index (χ0) is 8.72. The lowest BCUT2D eigenvalue weighted by Gasteiger charge is -2.23. The molecule has 1 saturated heterocycles. The van der Waals surface area contributed by atoms with Crippen LogP contribution in [-0.2, 0) is 0 Å². The summed E-state index contributed by atoms with van der Waals surface area (Å²) in [6.07, 6.45) is 2.54. The van der Waals surface area contributed by atoms with Gasteiger partial charge in [0.25, 0.3) is 0 Å². The molecule has 0 radical (unpaired) electrons. The van der Waals surface area contributed by atoms with E-state index < -0.39 is 0 Å². The van der Waals surface area contributed by atoms with Crippen molar-refractivity contribution in [1.29, 1.82) is 0 Å². The van der Waals surface area contributed by atoms with E-state index in [1.807, 2.05) is 6.92 Å². The number of hydrogen-bond acceptors (Lipinski definition) is 3. The molecule has 1 aliphatic heterocycles. The fraction of sp³-hybridized carbons (Fsp3) is 1.00. The Balaban J connectivity index is 2.17.